The molecule has 1 fully saturated rings. The van der Waals surface area contributed by atoms with Crippen molar-refractivity contribution in [3.8, 4) is 0 Å². The molecule has 2 unspecified atom stereocenters. The molecule has 0 aromatic rings. The number of nitrogens with one attached hydrogen (secondary N) is 1. The van der Waals surface area contributed by atoms with Crippen molar-refractivity contribution in [2.24, 2.45) is 16.2 Å². The lowest BCUT2D eigenvalue weighted by molar-refractivity contribution is -0.128. The Labute approximate surface area is 111 Å². The van der Waals surface area contributed by atoms with Gasteiger partial charge in [0.05, 0.1) is 5.92 Å². The fourth-order valence-corrected chi connectivity index (χ4v) is 3.05. The van der Waals surface area contributed by atoms with E-state index in [1.54, 1.807) is 6.92 Å². The average Bonchev–Trinajstić information content (AvgIpc) is 2.81. The molecule has 2 heterocycles. The summed E-state index contributed by atoms with van der Waals surface area (Å²) < 4.78 is 22.4. The summed E-state index contributed by atoms with van der Waals surface area (Å²) in [6.45, 7) is 2.17. The standard InChI is InChI=1S/C10H16N4O4S/c1-6-8(10(16)13-12-6)2-3-14-5-7(4-9(14)15)19(11,17)18/h7-8H,2-5H2,1H3,(H,13,16)(H2,11,17,18). The van der Waals surface area contributed by atoms with Crippen molar-refractivity contribution >= 4 is 27.5 Å². The van der Waals surface area contributed by atoms with Gasteiger partial charge >= 0.3 is 0 Å². The Balaban J connectivity index is 1.93. The molecule has 0 saturated carbocycles. The number of amides is 2. The predicted molar refractivity (Wildman–Crippen MR) is 67.5 cm³/mol. The highest BCUT2D eigenvalue weighted by Crippen LogP contribution is 2.19. The summed E-state index contributed by atoms with van der Waals surface area (Å²) in [7, 11) is -3.69. The Hall–Kier alpha value is -1.48. The minimum atomic E-state index is -3.69. The summed E-state index contributed by atoms with van der Waals surface area (Å²) in [5.74, 6) is -0.777. The van der Waals surface area contributed by atoms with Crippen molar-refractivity contribution in [1.82, 2.24) is 10.3 Å². The molecule has 0 bridgehead atoms. The monoisotopic (exact) mass is 288 g/mol. The van der Waals surface area contributed by atoms with Gasteiger partial charge in [0.2, 0.25) is 21.8 Å². The highest BCUT2D eigenvalue weighted by Gasteiger charge is 2.37. The van der Waals surface area contributed by atoms with E-state index < -0.39 is 15.3 Å². The van der Waals surface area contributed by atoms with E-state index in [1.807, 2.05) is 0 Å². The molecule has 2 amide bonds. The van der Waals surface area contributed by atoms with E-state index in [0.717, 1.165) is 0 Å². The number of primary sulfonamides is 1. The molecule has 1 saturated heterocycles. The topological polar surface area (TPSA) is 122 Å². The van der Waals surface area contributed by atoms with E-state index in [4.69, 9.17) is 5.14 Å². The van der Waals surface area contributed by atoms with Crippen molar-refractivity contribution in [2.75, 3.05) is 13.1 Å². The lowest BCUT2D eigenvalue weighted by Crippen LogP contribution is -2.34. The molecular weight excluding hydrogens is 272 g/mol. The SMILES string of the molecule is CC1=NNC(=O)C1CCN1CC(S(N)(=O)=O)CC1=O. The Morgan fingerprint density at radius 2 is 2.16 bits per heavy atom. The molecule has 19 heavy (non-hydrogen) atoms. The summed E-state index contributed by atoms with van der Waals surface area (Å²) in [6.07, 6.45) is 0.354. The van der Waals surface area contributed by atoms with Crippen LogP contribution in [-0.2, 0) is 19.6 Å². The van der Waals surface area contributed by atoms with Crippen LogP contribution < -0.4 is 10.6 Å². The molecule has 8 nitrogen and oxygen atoms in total. The van der Waals surface area contributed by atoms with Crippen LogP contribution in [0, 0.1) is 5.92 Å². The maximum Gasteiger partial charge on any atom is 0.248 e. The van der Waals surface area contributed by atoms with Gasteiger partial charge < -0.3 is 4.90 Å². The van der Waals surface area contributed by atoms with Gasteiger partial charge in [-0.2, -0.15) is 5.10 Å². The van der Waals surface area contributed by atoms with E-state index in [2.05, 4.69) is 10.5 Å². The summed E-state index contributed by atoms with van der Waals surface area (Å²) in [6, 6.07) is 0. The van der Waals surface area contributed by atoms with Crippen LogP contribution >= 0.6 is 0 Å². The summed E-state index contributed by atoms with van der Waals surface area (Å²) >= 11 is 0. The molecule has 106 valence electrons. The first-order valence-electron chi connectivity index (χ1n) is 5.92. The van der Waals surface area contributed by atoms with Gasteiger partial charge in [0, 0.05) is 25.2 Å². The Kier molecular flexibility index (Phi) is 3.59. The van der Waals surface area contributed by atoms with Crippen LogP contribution in [0.2, 0.25) is 0 Å². The van der Waals surface area contributed by atoms with E-state index in [9.17, 15) is 18.0 Å². The van der Waals surface area contributed by atoms with Crippen LogP contribution in [0.4, 0.5) is 0 Å². The highest BCUT2D eigenvalue weighted by atomic mass is 32.2. The maximum atomic E-state index is 11.7. The van der Waals surface area contributed by atoms with E-state index in [0.29, 0.717) is 18.7 Å². The molecule has 0 aliphatic carbocycles. The lowest BCUT2D eigenvalue weighted by Gasteiger charge is -2.17. The molecule has 2 aliphatic rings. The second kappa shape index (κ2) is 4.89. The van der Waals surface area contributed by atoms with Gasteiger partial charge in [0.1, 0.15) is 5.25 Å². The number of hydrazone groups is 1. The van der Waals surface area contributed by atoms with Crippen molar-refractivity contribution in [3.63, 3.8) is 0 Å². The van der Waals surface area contributed by atoms with Crippen LogP contribution in [-0.4, -0.2) is 49.2 Å². The molecule has 9 heteroatoms. The van der Waals surface area contributed by atoms with Gasteiger partial charge in [-0.1, -0.05) is 0 Å². The van der Waals surface area contributed by atoms with Gasteiger partial charge in [-0.15, -0.1) is 0 Å². The average molecular weight is 288 g/mol. The second-order valence-corrected chi connectivity index (χ2v) is 6.67. The first-order valence-corrected chi connectivity index (χ1v) is 7.53. The number of hydrogen-bond donors (Lipinski definition) is 2. The zero-order valence-corrected chi connectivity index (χ0v) is 11.3. The van der Waals surface area contributed by atoms with Crippen molar-refractivity contribution < 1.29 is 18.0 Å². The van der Waals surface area contributed by atoms with Gasteiger partial charge in [-0.25, -0.2) is 19.0 Å². The normalized spacial score (nSPS) is 27.7. The molecule has 0 spiro atoms. The molecular formula is C10H16N4O4S. The minimum absolute atomic E-state index is 0.0806. The molecule has 2 aliphatic heterocycles. The molecule has 0 radical (unpaired) electrons. The molecule has 2 rings (SSSR count). The van der Waals surface area contributed by atoms with Crippen LogP contribution in [0.25, 0.3) is 0 Å². The van der Waals surface area contributed by atoms with Crippen molar-refractivity contribution in [1.29, 1.82) is 0 Å². The minimum Gasteiger partial charge on any atom is -0.341 e. The fourth-order valence-electron chi connectivity index (χ4n) is 2.29. The van der Waals surface area contributed by atoms with Crippen molar-refractivity contribution in [2.45, 2.75) is 25.0 Å². The predicted octanol–water partition coefficient (Wildman–Crippen LogP) is -1.61. The Morgan fingerprint density at radius 1 is 1.47 bits per heavy atom. The van der Waals surface area contributed by atoms with Crippen LogP contribution in [0.1, 0.15) is 19.8 Å². The summed E-state index contributed by atoms with van der Waals surface area (Å²) in [4.78, 5) is 24.6. The number of sulfonamides is 1. The third kappa shape index (κ3) is 2.92. The number of likely N-dealkylation sites (tertiary alicyclic amines) is 1. The third-order valence-electron chi connectivity index (χ3n) is 3.49. The Morgan fingerprint density at radius 3 is 2.63 bits per heavy atom. The van der Waals surface area contributed by atoms with Crippen LogP contribution in [0.3, 0.4) is 0 Å². The highest BCUT2D eigenvalue weighted by molar-refractivity contribution is 7.89. The number of carbonyl (C=O) groups excluding carboxylic acids is 2. The van der Waals surface area contributed by atoms with Gasteiger partial charge in [-0.3, -0.25) is 9.59 Å². The first-order chi connectivity index (χ1) is 8.79. The number of hydrogen-bond acceptors (Lipinski definition) is 5. The van der Waals surface area contributed by atoms with E-state index in [-0.39, 0.29) is 30.7 Å². The number of nitrogens with zero attached hydrogens (tertiary/aromatic N) is 2. The van der Waals surface area contributed by atoms with Crippen LogP contribution in [0.5, 0.6) is 0 Å². The number of rotatable bonds is 4. The molecule has 0 aromatic carbocycles. The fraction of sp³-hybridized carbons (Fsp3) is 0.700. The third-order valence-corrected chi connectivity index (χ3v) is 4.74. The smallest absolute Gasteiger partial charge is 0.248 e. The molecule has 2 atom stereocenters. The van der Waals surface area contributed by atoms with Crippen molar-refractivity contribution in [3.05, 3.63) is 0 Å². The van der Waals surface area contributed by atoms with Gasteiger partial charge in [0.15, 0.2) is 0 Å². The summed E-state index contributed by atoms with van der Waals surface area (Å²) in [5.41, 5.74) is 3.05. The quantitative estimate of drug-likeness (QED) is 0.646. The zero-order valence-electron chi connectivity index (χ0n) is 10.5. The molecule has 0 aromatic heterocycles. The number of nitrogens with two attached hydrogens (primary N) is 1. The molecule has 3 N–H and O–H groups in total. The lowest BCUT2D eigenvalue weighted by atomic mass is 10.0. The Bertz CT molecular complexity index is 542. The zero-order chi connectivity index (χ0) is 14.2. The van der Waals surface area contributed by atoms with Crippen LogP contribution in [0.15, 0.2) is 5.10 Å². The number of carbonyl (C=O) groups is 2. The summed E-state index contributed by atoms with van der Waals surface area (Å²) in [5, 5.41) is 8.01. The van der Waals surface area contributed by atoms with E-state index >= 15 is 0 Å². The largest absolute Gasteiger partial charge is 0.341 e. The second-order valence-electron chi connectivity index (χ2n) is 4.83. The van der Waals surface area contributed by atoms with Gasteiger partial charge in [-0.05, 0) is 13.3 Å². The van der Waals surface area contributed by atoms with E-state index in [1.165, 1.54) is 4.90 Å². The maximum absolute atomic E-state index is 11.7. The first kappa shape index (κ1) is 13.9. The van der Waals surface area contributed by atoms with Gasteiger partial charge in [0.25, 0.3) is 0 Å².